The predicted molar refractivity (Wildman–Crippen MR) is 55.4 cm³/mol. The molecule has 2 unspecified atom stereocenters. The molecule has 2 aliphatic rings. The van der Waals surface area contributed by atoms with E-state index in [4.69, 9.17) is 15.1 Å². The molecule has 0 bridgehead atoms. The van der Waals surface area contributed by atoms with Gasteiger partial charge in [0.25, 0.3) is 0 Å². The number of nitrogens with zero attached hydrogens (tertiary/aromatic N) is 2. The van der Waals surface area contributed by atoms with E-state index in [0.29, 0.717) is 6.42 Å². The summed E-state index contributed by atoms with van der Waals surface area (Å²) in [5.41, 5.74) is 0.132. The van der Waals surface area contributed by atoms with Gasteiger partial charge in [0.05, 0.1) is 13.2 Å². The fourth-order valence-corrected chi connectivity index (χ4v) is 2.61. The molecule has 0 radical (unpaired) electrons. The highest BCUT2D eigenvalue weighted by Crippen LogP contribution is 2.37. The molecular weight excluding hydrogens is 208 g/mol. The summed E-state index contributed by atoms with van der Waals surface area (Å²) in [6.45, 7) is 3.57. The summed E-state index contributed by atoms with van der Waals surface area (Å²) in [6.07, 6.45) is 4.25. The fraction of sp³-hybridized carbons (Fsp3) is 0.818. The van der Waals surface area contributed by atoms with E-state index in [2.05, 4.69) is 6.92 Å². The van der Waals surface area contributed by atoms with Gasteiger partial charge in [-0.25, -0.2) is 4.79 Å². The second-order valence-corrected chi connectivity index (χ2v) is 5.10. The van der Waals surface area contributed by atoms with Crippen LogP contribution >= 0.6 is 0 Å². The van der Waals surface area contributed by atoms with Gasteiger partial charge in [0, 0.05) is 11.5 Å². The van der Waals surface area contributed by atoms with E-state index in [-0.39, 0.29) is 11.5 Å². The van der Waals surface area contributed by atoms with Crippen molar-refractivity contribution in [3.05, 3.63) is 0 Å². The molecule has 0 aliphatic carbocycles. The monoisotopic (exact) mass is 224 g/mol. The van der Waals surface area contributed by atoms with Crippen molar-refractivity contribution in [2.45, 2.75) is 38.3 Å². The topological polar surface area (TPSA) is 73.6 Å². The lowest BCUT2D eigenvalue weighted by atomic mass is 9.81. The normalized spacial score (nSPS) is 31.9. The number of carbonyl (C=O) groups is 1. The highest BCUT2D eigenvalue weighted by Gasteiger charge is 2.43. The van der Waals surface area contributed by atoms with Crippen LogP contribution in [0.2, 0.25) is 0 Å². The maximum absolute atomic E-state index is 10.9. The standard InChI is InChI=1S/C11H16N2O3/c1-11(5-16-6-11)4-8-2-3-9(10(14)15)13(8)7-12/h8-9H,2-6H2,1H3,(H,14,15). The molecule has 0 aromatic carbocycles. The minimum atomic E-state index is -0.890. The Morgan fingerprint density at radius 1 is 1.62 bits per heavy atom. The molecule has 0 aromatic heterocycles. The van der Waals surface area contributed by atoms with Gasteiger partial charge in [-0.15, -0.1) is 0 Å². The van der Waals surface area contributed by atoms with Crippen molar-refractivity contribution in [1.82, 2.24) is 4.90 Å². The minimum absolute atomic E-state index is 0.0694. The fourth-order valence-electron chi connectivity index (χ4n) is 2.61. The number of ether oxygens (including phenoxy) is 1. The molecule has 0 amide bonds. The molecule has 0 aromatic rings. The second kappa shape index (κ2) is 3.95. The van der Waals surface area contributed by atoms with Gasteiger partial charge in [-0.05, 0) is 19.3 Å². The van der Waals surface area contributed by atoms with E-state index in [0.717, 1.165) is 26.1 Å². The smallest absolute Gasteiger partial charge is 0.327 e. The third-order valence-electron chi connectivity index (χ3n) is 3.53. The van der Waals surface area contributed by atoms with Gasteiger partial charge in [-0.1, -0.05) is 6.92 Å². The number of hydrogen-bond acceptors (Lipinski definition) is 4. The summed E-state index contributed by atoms with van der Waals surface area (Å²) in [5, 5.41) is 18.0. The van der Waals surface area contributed by atoms with E-state index in [1.165, 1.54) is 4.90 Å². The van der Waals surface area contributed by atoms with E-state index in [1.54, 1.807) is 0 Å². The first-order valence-corrected chi connectivity index (χ1v) is 5.54. The predicted octanol–water partition coefficient (Wildman–Crippen LogP) is 0.812. The van der Waals surface area contributed by atoms with E-state index >= 15 is 0 Å². The van der Waals surface area contributed by atoms with Crippen molar-refractivity contribution >= 4 is 5.97 Å². The van der Waals surface area contributed by atoms with Crippen molar-refractivity contribution in [3.63, 3.8) is 0 Å². The second-order valence-electron chi connectivity index (χ2n) is 5.10. The van der Waals surface area contributed by atoms with Gasteiger partial charge >= 0.3 is 5.97 Å². The third-order valence-corrected chi connectivity index (χ3v) is 3.53. The molecule has 0 saturated carbocycles. The molecule has 0 spiro atoms. The maximum Gasteiger partial charge on any atom is 0.327 e. The van der Waals surface area contributed by atoms with Crippen LogP contribution in [0.1, 0.15) is 26.2 Å². The van der Waals surface area contributed by atoms with Gasteiger partial charge in [0.15, 0.2) is 6.19 Å². The average molecular weight is 224 g/mol. The number of carboxylic acids is 1. The number of carboxylic acid groups (broad SMARTS) is 1. The highest BCUT2D eigenvalue weighted by molar-refractivity contribution is 5.74. The SMILES string of the molecule is CC1(CC2CCC(C(=O)O)N2C#N)COC1. The zero-order valence-corrected chi connectivity index (χ0v) is 9.35. The Balaban J connectivity index is 2.01. The van der Waals surface area contributed by atoms with Crippen LogP contribution in [0.15, 0.2) is 0 Å². The van der Waals surface area contributed by atoms with Gasteiger partial charge in [0.1, 0.15) is 6.04 Å². The van der Waals surface area contributed by atoms with Gasteiger partial charge in [-0.2, -0.15) is 5.26 Å². The Hall–Kier alpha value is -1.28. The van der Waals surface area contributed by atoms with Crippen LogP contribution in [0.5, 0.6) is 0 Å². The Kier molecular flexibility index (Phi) is 2.76. The lowest BCUT2D eigenvalue weighted by Gasteiger charge is -2.41. The third kappa shape index (κ3) is 1.85. The van der Waals surface area contributed by atoms with Crippen LogP contribution in [-0.2, 0) is 9.53 Å². The molecule has 2 rings (SSSR count). The Morgan fingerprint density at radius 3 is 2.75 bits per heavy atom. The van der Waals surface area contributed by atoms with Crippen LogP contribution in [0.25, 0.3) is 0 Å². The summed E-state index contributed by atoms with van der Waals surface area (Å²) in [5.74, 6) is -0.890. The molecule has 5 nitrogen and oxygen atoms in total. The van der Waals surface area contributed by atoms with Crippen molar-refractivity contribution in [1.29, 1.82) is 5.26 Å². The number of nitriles is 1. The molecule has 2 atom stereocenters. The number of likely N-dealkylation sites (tertiary alicyclic amines) is 1. The molecule has 2 aliphatic heterocycles. The molecule has 2 fully saturated rings. The molecule has 16 heavy (non-hydrogen) atoms. The van der Waals surface area contributed by atoms with Crippen LogP contribution in [0.3, 0.4) is 0 Å². The highest BCUT2D eigenvalue weighted by atomic mass is 16.5. The van der Waals surface area contributed by atoms with E-state index in [9.17, 15) is 4.79 Å². The van der Waals surface area contributed by atoms with Crippen LogP contribution in [0.4, 0.5) is 0 Å². The number of hydrogen-bond donors (Lipinski definition) is 1. The summed E-state index contributed by atoms with van der Waals surface area (Å²) < 4.78 is 5.17. The van der Waals surface area contributed by atoms with Crippen LogP contribution in [-0.4, -0.2) is 41.3 Å². The van der Waals surface area contributed by atoms with Gasteiger partial charge in [-0.3, -0.25) is 4.90 Å². The van der Waals surface area contributed by atoms with E-state index in [1.807, 2.05) is 6.19 Å². The maximum atomic E-state index is 10.9. The zero-order chi connectivity index (χ0) is 11.8. The minimum Gasteiger partial charge on any atom is -0.480 e. The molecule has 1 N–H and O–H groups in total. The molecular formula is C11H16N2O3. The summed E-state index contributed by atoms with van der Waals surface area (Å²) in [7, 11) is 0. The first-order valence-electron chi connectivity index (χ1n) is 5.54. The van der Waals surface area contributed by atoms with Crippen molar-refractivity contribution in [2.24, 2.45) is 5.41 Å². The van der Waals surface area contributed by atoms with Gasteiger partial charge in [0.2, 0.25) is 0 Å². The Morgan fingerprint density at radius 2 is 2.31 bits per heavy atom. The average Bonchev–Trinajstić information content (AvgIpc) is 2.58. The van der Waals surface area contributed by atoms with Crippen molar-refractivity contribution < 1.29 is 14.6 Å². The summed E-state index contributed by atoms with van der Waals surface area (Å²) >= 11 is 0. The molecule has 2 saturated heterocycles. The number of aliphatic carboxylic acids is 1. The molecule has 5 heteroatoms. The lowest BCUT2D eigenvalue weighted by molar-refractivity contribution is -0.142. The van der Waals surface area contributed by atoms with E-state index < -0.39 is 12.0 Å². The lowest BCUT2D eigenvalue weighted by Crippen LogP contribution is -2.46. The molecule has 2 heterocycles. The Labute approximate surface area is 94.6 Å². The van der Waals surface area contributed by atoms with Crippen LogP contribution < -0.4 is 0 Å². The van der Waals surface area contributed by atoms with Crippen molar-refractivity contribution in [2.75, 3.05) is 13.2 Å². The van der Waals surface area contributed by atoms with Crippen LogP contribution in [0, 0.1) is 16.9 Å². The van der Waals surface area contributed by atoms with Gasteiger partial charge < -0.3 is 9.84 Å². The Bertz CT molecular complexity index is 333. The quantitative estimate of drug-likeness (QED) is 0.718. The first-order chi connectivity index (χ1) is 7.56. The summed E-state index contributed by atoms with van der Waals surface area (Å²) in [6, 6.07) is -0.556. The molecule has 88 valence electrons. The van der Waals surface area contributed by atoms with Crippen molar-refractivity contribution in [3.8, 4) is 6.19 Å². The first kappa shape index (κ1) is 11.2. The largest absolute Gasteiger partial charge is 0.480 e. The summed E-state index contributed by atoms with van der Waals surface area (Å²) in [4.78, 5) is 12.4. The number of rotatable bonds is 3. The zero-order valence-electron chi connectivity index (χ0n) is 9.35.